The maximum Gasteiger partial charge on any atom is 0.122 e. The molecular formula is C17H28N2O2. The number of aliphatic hydroxyl groups is 1. The number of aromatic hydroxyl groups is 1. The molecule has 2 unspecified atom stereocenters. The Morgan fingerprint density at radius 1 is 1.33 bits per heavy atom. The second kappa shape index (κ2) is 7.66. The van der Waals surface area contributed by atoms with Crippen molar-refractivity contribution < 1.29 is 10.2 Å². The summed E-state index contributed by atoms with van der Waals surface area (Å²) in [7, 11) is 0. The molecule has 1 heterocycles. The van der Waals surface area contributed by atoms with E-state index in [1.807, 2.05) is 12.1 Å². The number of phenols is 1. The fourth-order valence-corrected chi connectivity index (χ4v) is 3.20. The molecule has 21 heavy (non-hydrogen) atoms. The summed E-state index contributed by atoms with van der Waals surface area (Å²) in [4.78, 5) is 2.24. The van der Waals surface area contributed by atoms with Crippen LogP contribution < -0.4 is 10.2 Å². The molecule has 4 nitrogen and oxygen atoms in total. The number of anilines is 1. The van der Waals surface area contributed by atoms with Crippen LogP contribution in [0.3, 0.4) is 0 Å². The van der Waals surface area contributed by atoms with Crippen LogP contribution in [0.4, 0.5) is 5.69 Å². The van der Waals surface area contributed by atoms with Gasteiger partial charge in [-0.05, 0) is 32.4 Å². The second-order valence-electron chi connectivity index (χ2n) is 5.90. The van der Waals surface area contributed by atoms with Gasteiger partial charge in [0.25, 0.3) is 0 Å². The first-order valence-corrected chi connectivity index (χ1v) is 8.11. The topological polar surface area (TPSA) is 55.7 Å². The van der Waals surface area contributed by atoms with Gasteiger partial charge in [0.2, 0.25) is 0 Å². The molecule has 118 valence electrons. The van der Waals surface area contributed by atoms with E-state index >= 15 is 0 Å². The van der Waals surface area contributed by atoms with Gasteiger partial charge < -0.3 is 20.4 Å². The molecule has 1 aromatic carbocycles. The predicted octanol–water partition coefficient (Wildman–Crippen LogP) is 2.80. The van der Waals surface area contributed by atoms with E-state index in [2.05, 4.69) is 30.1 Å². The molecule has 0 radical (unpaired) electrons. The Hall–Kier alpha value is -1.26. The van der Waals surface area contributed by atoms with Crippen molar-refractivity contribution in [2.24, 2.45) is 0 Å². The molecule has 1 aliphatic rings. The lowest BCUT2D eigenvalue weighted by Gasteiger charge is -2.31. The van der Waals surface area contributed by atoms with Crippen LogP contribution in [0.15, 0.2) is 18.2 Å². The minimum Gasteiger partial charge on any atom is -0.508 e. The van der Waals surface area contributed by atoms with Gasteiger partial charge in [0.1, 0.15) is 5.75 Å². The third kappa shape index (κ3) is 3.89. The van der Waals surface area contributed by atoms with Crippen LogP contribution in [0.25, 0.3) is 0 Å². The zero-order chi connectivity index (χ0) is 15.2. The third-order valence-corrected chi connectivity index (χ3v) is 4.41. The van der Waals surface area contributed by atoms with E-state index in [-0.39, 0.29) is 18.7 Å². The van der Waals surface area contributed by atoms with E-state index in [9.17, 15) is 10.2 Å². The van der Waals surface area contributed by atoms with Crippen LogP contribution in [-0.4, -0.2) is 36.0 Å². The SMILES string of the molecule is CCNC(C)c1ccc(N2CCCCCC2CO)cc1O. The summed E-state index contributed by atoms with van der Waals surface area (Å²) in [5.41, 5.74) is 1.94. The Morgan fingerprint density at radius 2 is 2.14 bits per heavy atom. The zero-order valence-corrected chi connectivity index (χ0v) is 13.2. The van der Waals surface area contributed by atoms with Crippen LogP contribution in [-0.2, 0) is 0 Å². The fraction of sp³-hybridized carbons (Fsp3) is 0.647. The van der Waals surface area contributed by atoms with Crippen molar-refractivity contribution in [1.82, 2.24) is 5.32 Å². The van der Waals surface area contributed by atoms with Gasteiger partial charge in [0, 0.05) is 29.9 Å². The maximum atomic E-state index is 10.3. The highest BCUT2D eigenvalue weighted by atomic mass is 16.3. The lowest BCUT2D eigenvalue weighted by Crippen LogP contribution is -2.37. The average molecular weight is 292 g/mol. The molecule has 0 amide bonds. The van der Waals surface area contributed by atoms with Gasteiger partial charge in [-0.15, -0.1) is 0 Å². The molecule has 2 rings (SSSR count). The van der Waals surface area contributed by atoms with Crippen molar-refractivity contribution in [3.63, 3.8) is 0 Å². The van der Waals surface area contributed by atoms with Gasteiger partial charge in [0.05, 0.1) is 12.6 Å². The summed E-state index contributed by atoms with van der Waals surface area (Å²) in [5.74, 6) is 0.335. The average Bonchev–Trinajstić information content (AvgIpc) is 2.72. The predicted molar refractivity (Wildman–Crippen MR) is 86.9 cm³/mol. The number of hydrogen-bond donors (Lipinski definition) is 3. The summed E-state index contributed by atoms with van der Waals surface area (Å²) >= 11 is 0. The first kappa shape index (κ1) is 16.1. The molecule has 4 heteroatoms. The quantitative estimate of drug-likeness (QED) is 0.781. The lowest BCUT2D eigenvalue weighted by atomic mass is 10.0. The highest BCUT2D eigenvalue weighted by molar-refractivity contribution is 5.55. The second-order valence-corrected chi connectivity index (χ2v) is 5.90. The summed E-state index contributed by atoms with van der Waals surface area (Å²) in [5, 5.41) is 23.3. The summed E-state index contributed by atoms with van der Waals surface area (Å²) in [6.45, 7) is 6.12. The number of rotatable bonds is 5. The molecule has 0 spiro atoms. The summed E-state index contributed by atoms with van der Waals surface area (Å²) < 4.78 is 0. The van der Waals surface area contributed by atoms with Crippen LogP contribution >= 0.6 is 0 Å². The molecule has 0 aliphatic carbocycles. The monoisotopic (exact) mass is 292 g/mol. The molecule has 0 bridgehead atoms. The van der Waals surface area contributed by atoms with Gasteiger partial charge in [-0.25, -0.2) is 0 Å². The first-order chi connectivity index (χ1) is 10.2. The Bertz CT molecular complexity index is 450. The lowest BCUT2D eigenvalue weighted by molar-refractivity contribution is 0.255. The van der Waals surface area contributed by atoms with Gasteiger partial charge in [-0.1, -0.05) is 25.8 Å². The normalized spacial score (nSPS) is 21.1. The number of aliphatic hydroxyl groups excluding tert-OH is 1. The van der Waals surface area contributed by atoms with Gasteiger partial charge in [0.15, 0.2) is 0 Å². The van der Waals surface area contributed by atoms with E-state index in [0.29, 0.717) is 5.75 Å². The highest BCUT2D eigenvalue weighted by Crippen LogP contribution is 2.31. The van der Waals surface area contributed by atoms with Crippen LogP contribution in [0.5, 0.6) is 5.75 Å². The van der Waals surface area contributed by atoms with Crippen molar-refractivity contribution in [2.45, 2.75) is 51.6 Å². The van der Waals surface area contributed by atoms with E-state index in [1.165, 1.54) is 12.8 Å². The Labute approximate surface area is 127 Å². The maximum absolute atomic E-state index is 10.3. The summed E-state index contributed by atoms with van der Waals surface area (Å²) in [6, 6.07) is 6.22. The van der Waals surface area contributed by atoms with Crippen LogP contribution in [0, 0.1) is 0 Å². The molecule has 1 fully saturated rings. The first-order valence-electron chi connectivity index (χ1n) is 8.11. The Morgan fingerprint density at radius 3 is 2.81 bits per heavy atom. The van der Waals surface area contributed by atoms with Gasteiger partial charge in [-0.2, -0.15) is 0 Å². The molecular weight excluding hydrogens is 264 g/mol. The molecule has 1 aromatic rings. The molecule has 3 N–H and O–H groups in total. The van der Waals surface area contributed by atoms with Crippen LogP contribution in [0.1, 0.15) is 51.1 Å². The van der Waals surface area contributed by atoms with Gasteiger partial charge in [-0.3, -0.25) is 0 Å². The standard InChI is InChI=1S/C17H28N2O2/c1-3-18-13(2)16-9-8-14(11-17(16)21)19-10-6-4-5-7-15(19)12-20/h8-9,11,13,15,18,20-21H,3-7,10,12H2,1-2H3. The van der Waals surface area contributed by atoms with E-state index < -0.39 is 0 Å². The Balaban J connectivity index is 2.21. The summed E-state index contributed by atoms with van der Waals surface area (Å²) in [6.07, 6.45) is 4.55. The Kier molecular flexibility index (Phi) is 5.88. The molecule has 0 saturated carbocycles. The third-order valence-electron chi connectivity index (χ3n) is 4.41. The number of nitrogens with zero attached hydrogens (tertiary/aromatic N) is 1. The van der Waals surface area contributed by atoms with Crippen molar-refractivity contribution in [2.75, 3.05) is 24.6 Å². The van der Waals surface area contributed by atoms with Crippen molar-refractivity contribution in [3.05, 3.63) is 23.8 Å². The highest BCUT2D eigenvalue weighted by Gasteiger charge is 2.21. The molecule has 0 aromatic heterocycles. The van der Waals surface area contributed by atoms with E-state index in [0.717, 1.165) is 37.2 Å². The molecule has 1 aliphatic heterocycles. The van der Waals surface area contributed by atoms with Crippen molar-refractivity contribution in [1.29, 1.82) is 0 Å². The zero-order valence-electron chi connectivity index (χ0n) is 13.2. The molecule has 2 atom stereocenters. The van der Waals surface area contributed by atoms with E-state index in [1.54, 1.807) is 0 Å². The van der Waals surface area contributed by atoms with Crippen LogP contribution in [0.2, 0.25) is 0 Å². The van der Waals surface area contributed by atoms with Gasteiger partial charge >= 0.3 is 0 Å². The van der Waals surface area contributed by atoms with E-state index in [4.69, 9.17) is 0 Å². The van der Waals surface area contributed by atoms with Crippen molar-refractivity contribution in [3.8, 4) is 5.75 Å². The minimum atomic E-state index is 0.141. The minimum absolute atomic E-state index is 0.141. The number of phenolic OH excluding ortho intramolecular Hbond substituents is 1. The molecule has 1 saturated heterocycles. The fourth-order valence-electron chi connectivity index (χ4n) is 3.20. The largest absolute Gasteiger partial charge is 0.508 e. The van der Waals surface area contributed by atoms with Crippen molar-refractivity contribution >= 4 is 5.69 Å². The number of benzene rings is 1. The number of nitrogens with one attached hydrogen (secondary N) is 1. The number of hydrogen-bond acceptors (Lipinski definition) is 4. The smallest absolute Gasteiger partial charge is 0.122 e.